The summed E-state index contributed by atoms with van der Waals surface area (Å²) in [7, 11) is 0. The van der Waals surface area contributed by atoms with Gasteiger partial charge in [0.05, 0.1) is 31.8 Å². The van der Waals surface area contributed by atoms with E-state index in [0.717, 1.165) is 70.2 Å². The molecular formula is C46H74O4. The summed E-state index contributed by atoms with van der Waals surface area (Å²) in [4.78, 5) is 0. The van der Waals surface area contributed by atoms with E-state index >= 15 is 0 Å². The second-order valence-corrected chi connectivity index (χ2v) is 14.9. The molecule has 0 radical (unpaired) electrons. The highest BCUT2D eigenvalue weighted by atomic mass is 16.5. The number of rotatable bonds is 28. The molecule has 0 saturated heterocycles. The number of unbranched alkanes of at least 4 members (excludes halogenated alkanes) is 4. The Morgan fingerprint density at radius 3 is 1.20 bits per heavy atom. The van der Waals surface area contributed by atoms with E-state index in [1.165, 1.54) is 77.0 Å². The molecule has 0 amide bonds. The van der Waals surface area contributed by atoms with Gasteiger partial charge in [-0.25, -0.2) is 0 Å². The van der Waals surface area contributed by atoms with Crippen LogP contribution < -0.4 is 18.9 Å². The molecule has 4 unspecified atom stereocenters. The van der Waals surface area contributed by atoms with Crippen LogP contribution in [-0.4, -0.2) is 26.4 Å². The van der Waals surface area contributed by atoms with Gasteiger partial charge in [-0.2, -0.15) is 0 Å². The molecule has 0 aliphatic rings. The van der Waals surface area contributed by atoms with E-state index in [0.29, 0.717) is 50.1 Å². The standard InChI is InChI=1S/C46H74O4/c1-9-17-23-35(13-5)31-47-42-30-29-41-43(46(42)50-34-38(16-8)26-20-12-4)45(49-33-37(15-7)25-19-11-3)40-28-22-21-27-39(40)44(41)48-32-36(14-6)24-18-10-2/h21-22,27-30,35-38H,9-20,23-26,31-34H2,1-8H3. The van der Waals surface area contributed by atoms with Crippen LogP contribution >= 0.6 is 0 Å². The maximum absolute atomic E-state index is 7.04. The van der Waals surface area contributed by atoms with Gasteiger partial charge in [-0.15, -0.1) is 0 Å². The van der Waals surface area contributed by atoms with Crippen LogP contribution in [0, 0.1) is 23.7 Å². The Hall–Kier alpha value is -2.62. The van der Waals surface area contributed by atoms with E-state index in [9.17, 15) is 0 Å². The minimum atomic E-state index is 0.494. The summed E-state index contributed by atoms with van der Waals surface area (Å²) in [5.41, 5.74) is 0. The van der Waals surface area contributed by atoms with Crippen molar-refractivity contribution in [1.82, 2.24) is 0 Å². The molecule has 0 aromatic heterocycles. The largest absolute Gasteiger partial charge is 0.492 e. The average Bonchev–Trinajstić information content (AvgIpc) is 3.15. The van der Waals surface area contributed by atoms with Crippen LogP contribution in [0.4, 0.5) is 0 Å². The Balaban J connectivity index is 2.26. The maximum Gasteiger partial charge on any atom is 0.172 e. The highest BCUT2D eigenvalue weighted by Gasteiger charge is 2.25. The van der Waals surface area contributed by atoms with Gasteiger partial charge >= 0.3 is 0 Å². The molecule has 50 heavy (non-hydrogen) atoms. The predicted octanol–water partition coefficient (Wildman–Crippen LogP) is 14.4. The van der Waals surface area contributed by atoms with Crippen molar-refractivity contribution >= 4 is 21.5 Å². The third-order valence-corrected chi connectivity index (χ3v) is 11.0. The highest BCUT2D eigenvalue weighted by Crippen LogP contribution is 2.50. The fourth-order valence-corrected chi connectivity index (χ4v) is 7.10. The van der Waals surface area contributed by atoms with Crippen molar-refractivity contribution < 1.29 is 18.9 Å². The Morgan fingerprint density at radius 1 is 0.400 bits per heavy atom. The van der Waals surface area contributed by atoms with Crippen molar-refractivity contribution in [2.75, 3.05) is 26.4 Å². The monoisotopic (exact) mass is 691 g/mol. The SMILES string of the molecule is CCCCC(CC)COc1ccc2c(OCC(CC)CCCC)c3ccccc3c(OCC(CC)CCCC)c2c1OCC(CC)CCCC. The molecule has 282 valence electrons. The van der Waals surface area contributed by atoms with Gasteiger partial charge in [0.1, 0.15) is 11.5 Å². The summed E-state index contributed by atoms with van der Waals surface area (Å²) < 4.78 is 27.8. The summed E-state index contributed by atoms with van der Waals surface area (Å²) in [6.07, 6.45) is 18.9. The average molecular weight is 691 g/mol. The van der Waals surface area contributed by atoms with Crippen molar-refractivity contribution in [1.29, 1.82) is 0 Å². The van der Waals surface area contributed by atoms with Gasteiger partial charge in [0, 0.05) is 16.2 Å². The molecule has 0 aliphatic carbocycles. The zero-order chi connectivity index (χ0) is 36.1. The number of ether oxygens (including phenoxy) is 4. The third kappa shape index (κ3) is 12.3. The zero-order valence-electron chi connectivity index (χ0n) is 33.5. The lowest BCUT2D eigenvalue weighted by Crippen LogP contribution is -2.16. The van der Waals surface area contributed by atoms with E-state index in [2.05, 4.69) is 91.8 Å². The van der Waals surface area contributed by atoms with E-state index in [1.54, 1.807) is 0 Å². The van der Waals surface area contributed by atoms with Crippen LogP contribution in [0.2, 0.25) is 0 Å². The second kappa shape index (κ2) is 23.8. The van der Waals surface area contributed by atoms with Crippen LogP contribution in [0.1, 0.15) is 158 Å². The highest BCUT2D eigenvalue weighted by molar-refractivity contribution is 6.13. The van der Waals surface area contributed by atoms with Gasteiger partial charge in [0.25, 0.3) is 0 Å². The molecule has 4 atom stereocenters. The molecule has 0 heterocycles. The summed E-state index contributed by atoms with van der Waals surface area (Å²) in [5.74, 6) is 5.57. The Bertz CT molecular complexity index is 1350. The normalized spacial score (nSPS) is 14.1. The van der Waals surface area contributed by atoms with E-state index in [4.69, 9.17) is 18.9 Å². The van der Waals surface area contributed by atoms with Gasteiger partial charge < -0.3 is 18.9 Å². The van der Waals surface area contributed by atoms with Gasteiger partial charge in [0.2, 0.25) is 0 Å². The molecule has 4 nitrogen and oxygen atoms in total. The number of hydrogen-bond donors (Lipinski definition) is 0. The predicted molar refractivity (Wildman–Crippen MR) is 217 cm³/mol. The topological polar surface area (TPSA) is 36.9 Å². The van der Waals surface area contributed by atoms with Crippen molar-refractivity contribution in [2.24, 2.45) is 23.7 Å². The Morgan fingerprint density at radius 2 is 0.780 bits per heavy atom. The molecule has 0 fully saturated rings. The molecule has 0 saturated carbocycles. The van der Waals surface area contributed by atoms with Crippen LogP contribution in [0.3, 0.4) is 0 Å². The van der Waals surface area contributed by atoms with Gasteiger partial charge in [-0.3, -0.25) is 0 Å². The number of hydrogen-bond acceptors (Lipinski definition) is 4. The quantitative estimate of drug-likeness (QED) is 0.0711. The molecule has 3 rings (SSSR count). The summed E-state index contributed by atoms with van der Waals surface area (Å²) in [6, 6.07) is 13.0. The molecular weight excluding hydrogens is 617 g/mol. The van der Waals surface area contributed by atoms with Crippen molar-refractivity contribution in [3.8, 4) is 23.0 Å². The molecule has 0 aliphatic heterocycles. The lowest BCUT2D eigenvalue weighted by atomic mass is 9.97. The Labute approximate surface area is 307 Å². The minimum Gasteiger partial charge on any atom is -0.492 e. The first kappa shape index (κ1) is 41.8. The molecule has 0 N–H and O–H groups in total. The molecule has 0 bridgehead atoms. The first-order chi connectivity index (χ1) is 24.5. The zero-order valence-corrected chi connectivity index (χ0v) is 33.5. The van der Waals surface area contributed by atoms with Crippen molar-refractivity contribution in [3.05, 3.63) is 36.4 Å². The maximum atomic E-state index is 7.04. The van der Waals surface area contributed by atoms with Crippen LogP contribution in [0.25, 0.3) is 21.5 Å². The van der Waals surface area contributed by atoms with Crippen LogP contribution in [0.5, 0.6) is 23.0 Å². The summed E-state index contributed by atoms with van der Waals surface area (Å²) >= 11 is 0. The van der Waals surface area contributed by atoms with E-state index in [1.807, 2.05) is 0 Å². The van der Waals surface area contributed by atoms with Crippen LogP contribution in [-0.2, 0) is 0 Å². The first-order valence-corrected chi connectivity index (χ1v) is 21.0. The van der Waals surface area contributed by atoms with Crippen molar-refractivity contribution in [2.45, 2.75) is 158 Å². The van der Waals surface area contributed by atoms with E-state index in [-0.39, 0.29) is 0 Å². The number of benzene rings is 3. The van der Waals surface area contributed by atoms with Crippen molar-refractivity contribution in [3.63, 3.8) is 0 Å². The minimum absolute atomic E-state index is 0.494. The lowest BCUT2D eigenvalue weighted by molar-refractivity contribution is 0.200. The Kier molecular flexibility index (Phi) is 19.9. The summed E-state index contributed by atoms with van der Waals surface area (Å²) in [5, 5.41) is 4.28. The van der Waals surface area contributed by atoms with E-state index < -0.39 is 0 Å². The van der Waals surface area contributed by atoms with Gasteiger partial charge in [0.15, 0.2) is 11.5 Å². The van der Waals surface area contributed by atoms with Crippen LogP contribution in [0.15, 0.2) is 36.4 Å². The molecule has 3 aromatic rings. The smallest absolute Gasteiger partial charge is 0.172 e. The number of fused-ring (bicyclic) bond motifs is 2. The summed E-state index contributed by atoms with van der Waals surface area (Å²) in [6.45, 7) is 21.0. The fourth-order valence-electron chi connectivity index (χ4n) is 7.10. The molecule has 4 heteroatoms. The van der Waals surface area contributed by atoms with Gasteiger partial charge in [-0.05, 0) is 61.5 Å². The fraction of sp³-hybridized carbons (Fsp3) is 0.696. The lowest BCUT2D eigenvalue weighted by Gasteiger charge is -2.25. The first-order valence-electron chi connectivity index (χ1n) is 21.0. The molecule has 0 spiro atoms. The molecule has 3 aromatic carbocycles. The third-order valence-electron chi connectivity index (χ3n) is 11.0. The van der Waals surface area contributed by atoms with Gasteiger partial charge in [-0.1, -0.05) is 157 Å². The second-order valence-electron chi connectivity index (χ2n) is 14.9.